The molecule has 0 bridgehead atoms. The fourth-order valence-electron chi connectivity index (χ4n) is 4.30. The molecular weight excluding hydrogens is 361 g/mol. The van der Waals surface area contributed by atoms with Crippen molar-refractivity contribution in [2.75, 3.05) is 25.0 Å². The van der Waals surface area contributed by atoms with Gasteiger partial charge in [0.15, 0.2) is 0 Å². The Morgan fingerprint density at radius 2 is 2.11 bits per heavy atom. The Hall–Kier alpha value is -2.15. The van der Waals surface area contributed by atoms with Crippen molar-refractivity contribution in [3.8, 4) is 0 Å². The van der Waals surface area contributed by atoms with Gasteiger partial charge >= 0.3 is 6.03 Å². The van der Waals surface area contributed by atoms with E-state index in [1.54, 1.807) is 17.0 Å². The summed E-state index contributed by atoms with van der Waals surface area (Å²) in [5.41, 5.74) is 0.111. The van der Waals surface area contributed by atoms with Crippen LogP contribution < -0.4 is 10.6 Å². The molecule has 2 saturated heterocycles. The smallest absolute Gasteiger partial charge is 0.321 e. The maximum atomic E-state index is 13.3. The summed E-state index contributed by atoms with van der Waals surface area (Å²) < 4.78 is 19.6. The second-order valence-corrected chi connectivity index (χ2v) is 8.44. The van der Waals surface area contributed by atoms with Crippen LogP contribution in [0.4, 0.5) is 14.9 Å². The highest BCUT2D eigenvalue weighted by molar-refractivity contribution is 5.89. The largest absolute Gasteiger partial charge is 0.362 e. The van der Waals surface area contributed by atoms with Crippen LogP contribution >= 0.6 is 0 Å². The molecule has 1 aliphatic carbocycles. The molecule has 1 aromatic rings. The van der Waals surface area contributed by atoms with Crippen molar-refractivity contribution in [1.82, 2.24) is 10.2 Å². The predicted octanol–water partition coefficient (Wildman–Crippen LogP) is 3.14. The molecule has 2 N–H and O–H groups in total. The van der Waals surface area contributed by atoms with E-state index in [1.165, 1.54) is 25.0 Å². The maximum absolute atomic E-state index is 13.3. The Balaban J connectivity index is 1.30. The molecule has 2 heterocycles. The molecule has 6 nitrogen and oxygen atoms in total. The molecule has 7 heteroatoms. The molecule has 0 aromatic heterocycles. The van der Waals surface area contributed by atoms with Crippen molar-refractivity contribution < 1.29 is 18.7 Å². The van der Waals surface area contributed by atoms with Gasteiger partial charge in [-0.25, -0.2) is 9.18 Å². The second kappa shape index (κ2) is 7.70. The van der Waals surface area contributed by atoms with Crippen LogP contribution in [-0.4, -0.2) is 48.2 Å². The lowest BCUT2D eigenvalue weighted by molar-refractivity contribution is -0.146. The zero-order chi connectivity index (χ0) is 19.7. The predicted molar refractivity (Wildman–Crippen MR) is 103 cm³/mol. The second-order valence-electron chi connectivity index (χ2n) is 8.44. The first-order valence-corrected chi connectivity index (χ1v) is 10.2. The molecule has 152 valence electrons. The summed E-state index contributed by atoms with van der Waals surface area (Å²) >= 11 is 0. The molecule has 28 heavy (non-hydrogen) atoms. The summed E-state index contributed by atoms with van der Waals surface area (Å²) in [4.78, 5) is 26.7. The standard InChI is InChI=1S/C21H28FN3O3/c1-14-13-25(20(27)24-17-4-2-3-16(22)11-17)10-9-21(14)8-7-18(28-21)19(26)23-12-15-5-6-15/h2-4,11,14-15,18H,5-10,12-13H2,1H3,(H,23,26)(H,24,27). The number of carbonyl (C=O) groups excluding carboxylic acids is 2. The molecule has 3 atom stereocenters. The van der Waals surface area contributed by atoms with E-state index in [0.717, 1.165) is 19.4 Å². The number of urea groups is 1. The lowest BCUT2D eigenvalue weighted by Gasteiger charge is -2.44. The highest BCUT2D eigenvalue weighted by atomic mass is 19.1. The number of anilines is 1. The number of likely N-dealkylation sites (tertiary alicyclic amines) is 1. The van der Waals surface area contributed by atoms with Crippen molar-refractivity contribution in [1.29, 1.82) is 0 Å². The third-order valence-corrected chi connectivity index (χ3v) is 6.32. The molecule has 1 spiro atoms. The molecule has 3 amide bonds. The van der Waals surface area contributed by atoms with Crippen molar-refractivity contribution >= 4 is 17.6 Å². The highest BCUT2D eigenvalue weighted by Crippen LogP contribution is 2.42. The van der Waals surface area contributed by atoms with E-state index in [2.05, 4.69) is 17.6 Å². The van der Waals surface area contributed by atoms with Crippen LogP contribution in [0.1, 0.15) is 39.0 Å². The SMILES string of the molecule is CC1CN(C(=O)Nc2cccc(F)c2)CCC12CCC(C(=O)NCC1CC1)O2. The first-order valence-electron chi connectivity index (χ1n) is 10.2. The van der Waals surface area contributed by atoms with Crippen molar-refractivity contribution in [3.63, 3.8) is 0 Å². The van der Waals surface area contributed by atoms with Crippen LogP contribution in [0, 0.1) is 17.7 Å². The Morgan fingerprint density at radius 1 is 1.29 bits per heavy atom. The van der Waals surface area contributed by atoms with E-state index in [4.69, 9.17) is 4.74 Å². The van der Waals surface area contributed by atoms with Gasteiger partial charge in [0.05, 0.1) is 5.60 Å². The summed E-state index contributed by atoms with van der Waals surface area (Å²) in [6, 6.07) is 5.65. The minimum absolute atomic E-state index is 0.00209. The van der Waals surface area contributed by atoms with Gasteiger partial charge in [0.25, 0.3) is 0 Å². The van der Waals surface area contributed by atoms with E-state index in [9.17, 15) is 14.0 Å². The number of amides is 3. The first kappa shape index (κ1) is 19.2. The molecule has 4 rings (SSSR count). The van der Waals surface area contributed by atoms with Gasteiger partial charge in [0.2, 0.25) is 5.91 Å². The maximum Gasteiger partial charge on any atom is 0.321 e. The molecule has 0 radical (unpaired) electrons. The van der Waals surface area contributed by atoms with Gasteiger partial charge in [0, 0.05) is 31.2 Å². The quantitative estimate of drug-likeness (QED) is 0.831. The molecule has 3 unspecified atom stereocenters. The first-order chi connectivity index (χ1) is 13.4. The fourth-order valence-corrected chi connectivity index (χ4v) is 4.30. The fraction of sp³-hybridized carbons (Fsp3) is 0.619. The third-order valence-electron chi connectivity index (χ3n) is 6.32. The van der Waals surface area contributed by atoms with Gasteiger partial charge in [-0.15, -0.1) is 0 Å². The lowest BCUT2D eigenvalue weighted by atomic mass is 9.80. The Morgan fingerprint density at radius 3 is 2.82 bits per heavy atom. The zero-order valence-corrected chi connectivity index (χ0v) is 16.2. The lowest BCUT2D eigenvalue weighted by Crippen LogP contribution is -2.54. The van der Waals surface area contributed by atoms with E-state index in [1.807, 2.05) is 0 Å². The number of nitrogens with zero attached hydrogens (tertiary/aromatic N) is 1. The Kier molecular flexibility index (Phi) is 5.27. The number of piperidine rings is 1. The van der Waals surface area contributed by atoms with E-state index in [-0.39, 0.29) is 35.4 Å². The summed E-state index contributed by atoms with van der Waals surface area (Å²) in [7, 11) is 0. The van der Waals surface area contributed by atoms with Crippen molar-refractivity contribution in [2.24, 2.45) is 11.8 Å². The number of nitrogens with one attached hydrogen (secondary N) is 2. The molecule has 1 saturated carbocycles. The van der Waals surface area contributed by atoms with Crippen LogP contribution in [0.3, 0.4) is 0 Å². The van der Waals surface area contributed by atoms with Crippen molar-refractivity contribution in [2.45, 2.75) is 50.7 Å². The Bertz CT molecular complexity index is 754. The number of hydrogen-bond acceptors (Lipinski definition) is 3. The average molecular weight is 389 g/mol. The third kappa shape index (κ3) is 4.14. The van der Waals surface area contributed by atoms with Gasteiger partial charge in [-0.3, -0.25) is 4.79 Å². The average Bonchev–Trinajstić information content (AvgIpc) is 3.40. The molecular formula is C21H28FN3O3. The minimum atomic E-state index is -0.381. The van der Waals surface area contributed by atoms with E-state index in [0.29, 0.717) is 31.1 Å². The van der Waals surface area contributed by atoms with Crippen LogP contribution in [0.15, 0.2) is 24.3 Å². The molecule has 1 aromatic carbocycles. The number of hydrogen-bond donors (Lipinski definition) is 2. The van der Waals surface area contributed by atoms with Gasteiger partial charge in [-0.05, 0) is 56.2 Å². The van der Waals surface area contributed by atoms with Crippen LogP contribution in [0.2, 0.25) is 0 Å². The van der Waals surface area contributed by atoms with Crippen LogP contribution in [0.25, 0.3) is 0 Å². The van der Waals surface area contributed by atoms with Gasteiger partial charge in [-0.1, -0.05) is 13.0 Å². The molecule has 2 aliphatic heterocycles. The number of halogens is 1. The van der Waals surface area contributed by atoms with E-state index < -0.39 is 0 Å². The Labute approximate surface area is 164 Å². The van der Waals surface area contributed by atoms with Gasteiger partial charge < -0.3 is 20.3 Å². The summed E-state index contributed by atoms with van der Waals surface area (Å²) in [6.45, 7) is 3.95. The molecule has 3 aliphatic rings. The summed E-state index contributed by atoms with van der Waals surface area (Å²) in [5, 5.41) is 5.77. The van der Waals surface area contributed by atoms with Gasteiger partial charge in [0.1, 0.15) is 11.9 Å². The summed E-state index contributed by atoms with van der Waals surface area (Å²) in [5.74, 6) is 0.398. The zero-order valence-electron chi connectivity index (χ0n) is 16.2. The molecule has 3 fully saturated rings. The number of rotatable bonds is 4. The van der Waals surface area contributed by atoms with Crippen LogP contribution in [-0.2, 0) is 9.53 Å². The normalized spacial score (nSPS) is 29.7. The number of benzene rings is 1. The highest BCUT2D eigenvalue weighted by Gasteiger charge is 2.49. The van der Waals surface area contributed by atoms with Gasteiger partial charge in [-0.2, -0.15) is 0 Å². The minimum Gasteiger partial charge on any atom is -0.362 e. The topological polar surface area (TPSA) is 70.7 Å². The summed E-state index contributed by atoms with van der Waals surface area (Å²) in [6.07, 6.45) is 4.32. The van der Waals surface area contributed by atoms with Crippen molar-refractivity contribution in [3.05, 3.63) is 30.1 Å². The van der Waals surface area contributed by atoms with Crippen LogP contribution in [0.5, 0.6) is 0 Å². The van der Waals surface area contributed by atoms with E-state index >= 15 is 0 Å². The number of ether oxygens (including phenoxy) is 1. The monoisotopic (exact) mass is 389 g/mol. The number of carbonyl (C=O) groups is 2.